The van der Waals surface area contributed by atoms with Crippen LogP contribution in [0, 0.1) is 0 Å². The molecule has 3 rings (SSSR count). The van der Waals surface area contributed by atoms with E-state index in [0.29, 0.717) is 0 Å². The second kappa shape index (κ2) is 9.36. The molecule has 0 aliphatic heterocycles. The molecule has 0 amide bonds. The number of unbranched alkanes of at least 4 members (excludes halogenated alkanes) is 6. The van der Waals surface area contributed by atoms with Gasteiger partial charge in [0.2, 0.25) is 0 Å². The Morgan fingerprint density at radius 3 is 2.20 bits per heavy atom. The van der Waals surface area contributed by atoms with E-state index in [1.165, 1.54) is 61.5 Å². The average molecular weight is 332 g/mol. The lowest BCUT2D eigenvalue weighted by Crippen LogP contribution is -1.93. The normalized spacial score (nSPS) is 11.1. The van der Waals surface area contributed by atoms with E-state index < -0.39 is 0 Å². The molecule has 1 heteroatoms. The van der Waals surface area contributed by atoms with E-state index in [4.69, 9.17) is 4.98 Å². The van der Waals surface area contributed by atoms with Gasteiger partial charge in [0.15, 0.2) is 0 Å². The van der Waals surface area contributed by atoms with Crippen LogP contribution in [0.3, 0.4) is 0 Å². The highest BCUT2D eigenvalue weighted by molar-refractivity contribution is 5.85. The number of aromatic nitrogens is 1. The molecule has 130 valence electrons. The minimum absolute atomic E-state index is 1.09. The summed E-state index contributed by atoms with van der Waals surface area (Å²) in [6.45, 7) is 2.28. The highest BCUT2D eigenvalue weighted by Crippen LogP contribution is 2.26. The van der Waals surface area contributed by atoms with E-state index in [-0.39, 0.29) is 0 Å². The molecule has 25 heavy (non-hydrogen) atoms. The van der Waals surface area contributed by atoms with E-state index >= 15 is 0 Å². The van der Waals surface area contributed by atoms with Crippen molar-refractivity contribution in [3.63, 3.8) is 0 Å². The molecule has 0 saturated heterocycles. The Labute approximate surface area is 152 Å². The number of benzene rings is 2. The van der Waals surface area contributed by atoms with Crippen LogP contribution in [0.2, 0.25) is 0 Å². The number of pyridine rings is 1. The first-order valence-electron chi connectivity index (χ1n) is 9.82. The first-order chi connectivity index (χ1) is 12.4. The summed E-state index contributed by atoms with van der Waals surface area (Å²) < 4.78 is 0. The van der Waals surface area contributed by atoms with Crippen molar-refractivity contribution in [2.75, 3.05) is 0 Å². The summed E-state index contributed by atoms with van der Waals surface area (Å²) >= 11 is 0. The highest BCUT2D eigenvalue weighted by atomic mass is 14.7. The molecule has 0 saturated carbocycles. The molecule has 0 N–H and O–H groups in total. The van der Waals surface area contributed by atoms with Crippen LogP contribution in [0.5, 0.6) is 0 Å². The van der Waals surface area contributed by atoms with Crippen LogP contribution >= 0.6 is 0 Å². The van der Waals surface area contributed by atoms with Gasteiger partial charge in [-0.05, 0) is 30.5 Å². The van der Waals surface area contributed by atoms with E-state index in [2.05, 4.69) is 67.6 Å². The maximum absolute atomic E-state index is 4.88. The summed E-state index contributed by atoms with van der Waals surface area (Å²) in [6.07, 6.45) is 10.6. The Hall–Kier alpha value is -2.15. The Kier molecular flexibility index (Phi) is 6.62. The van der Waals surface area contributed by atoms with Gasteiger partial charge in [-0.25, -0.2) is 4.98 Å². The minimum Gasteiger partial charge on any atom is -0.248 e. The monoisotopic (exact) mass is 331 g/mol. The molecular weight excluding hydrogens is 302 g/mol. The van der Waals surface area contributed by atoms with Gasteiger partial charge in [-0.3, -0.25) is 0 Å². The summed E-state index contributed by atoms with van der Waals surface area (Å²) in [7, 11) is 0. The maximum Gasteiger partial charge on any atom is 0.0712 e. The smallest absolute Gasteiger partial charge is 0.0712 e. The quantitative estimate of drug-likeness (QED) is 0.378. The molecule has 0 bridgehead atoms. The van der Waals surface area contributed by atoms with Crippen LogP contribution in [-0.2, 0) is 6.42 Å². The maximum atomic E-state index is 4.88. The molecule has 1 nitrogen and oxygen atoms in total. The second-order valence-electron chi connectivity index (χ2n) is 6.92. The lowest BCUT2D eigenvalue weighted by Gasteiger charge is -2.10. The van der Waals surface area contributed by atoms with Crippen LogP contribution in [0.1, 0.15) is 57.4 Å². The third-order valence-corrected chi connectivity index (χ3v) is 4.92. The van der Waals surface area contributed by atoms with Gasteiger partial charge < -0.3 is 0 Å². The number of hydrogen-bond acceptors (Lipinski definition) is 1. The van der Waals surface area contributed by atoms with E-state index in [1.807, 2.05) is 0 Å². The van der Waals surface area contributed by atoms with Crippen molar-refractivity contribution in [2.45, 2.75) is 58.3 Å². The lowest BCUT2D eigenvalue weighted by molar-refractivity contribution is 0.590. The summed E-state index contributed by atoms with van der Waals surface area (Å²) in [6, 6.07) is 21.4. The molecule has 0 spiro atoms. The number of aryl methyl sites for hydroxylation is 1. The number of nitrogens with zero attached hydrogens (tertiary/aromatic N) is 1. The second-order valence-corrected chi connectivity index (χ2v) is 6.92. The van der Waals surface area contributed by atoms with Crippen molar-refractivity contribution in [3.8, 4) is 11.3 Å². The standard InChI is InChI=1S/C24H29N/c1-2-3-4-5-6-7-9-16-21-19-24(20-14-10-8-11-15-20)25-23-18-13-12-17-22(21)23/h8,10-15,17-19H,2-7,9,16H2,1H3. The first kappa shape index (κ1) is 17.7. The van der Waals surface area contributed by atoms with Crippen LogP contribution < -0.4 is 0 Å². The fraction of sp³-hybridized carbons (Fsp3) is 0.375. The fourth-order valence-electron chi connectivity index (χ4n) is 3.48. The molecule has 0 unspecified atom stereocenters. The summed E-state index contributed by atoms with van der Waals surface area (Å²) in [4.78, 5) is 4.88. The van der Waals surface area contributed by atoms with Crippen LogP contribution in [-0.4, -0.2) is 4.98 Å². The van der Waals surface area contributed by atoms with E-state index in [0.717, 1.165) is 17.6 Å². The molecule has 0 aliphatic carbocycles. The van der Waals surface area contributed by atoms with Gasteiger partial charge in [-0.15, -0.1) is 0 Å². The molecule has 2 aromatic carbocycles. The van der Waals surface area contributed by atoms with Crippen molar-refractivity contribution in [1.82, 2.24) is 4.98 Å². The van der Waals surface area contributed by atoms with Gasteiger partial charge in [0, 0.05) is 10.9 Å². The predicted molar refractivity (Wildman–Crippen MR) is 109 cm³/mol. The van der Waals surface area contributed by atoms with Crippen LogP contribution in [0.15, 0.2) is 60.7 Å². The minimum atomic E-state index is 1.09. The summed E-state index contributed by atoms with van der Waals surface area (Å²) in [5.41, 5.74) is 4.85. The predicted octanol–water partition coefficient (Wildman–Crippen LogP) is 7.19. The van der Waals surface area contributed by atoms with E-state index in [1.54, 1.807) is 0 Å². The highest BCUT2D eigenvalue weighted by Gasteiger charge is 2.07. The largest absolute Gasteiger partial charge is 0.248 e. The molecule has 0 fully saturated rings. The van der Waals surface area contributed by atoms with Crippen LogP contribution in [0.25, 0.3) is 22.2 Å². The summed E-state index contributed by atoms with van der Waals surface area (Å²) in [5, 5.41) is 1.31. The molecule has 1 aromatic heterocycles. The number of fused-ring (bicyclic) bond motifs is 1. The van der Waals surface area contributed by atoms with Gasteiger partial charge in [0.05, 0.1) is 11.2 Å². The zero-order valence-electron chi connectivity index (χ0n) is 15.4. The first-order valence-corrected chi connectivity index (χ1v) is 9.82. The molecule has 0 radical (unpaired) electrons. The van der Waals surface area contributed by atoms with Crippen molar-refractivity contribution < 1.29 is 0 Å². The van der Waals surface area contributed by atoms with Crippen molar-refractivity contribution in [3.05, 3.63) is 66.2 Å². The van der Waals surface area contributed by atoms with Gasteiger partial charge in [0.25, 0.3) is 0 Å². The molecule has 0 atom stereocenters. The SMILES string of the molecule is CCCCCCCCCc1cc(-c2ccccc2)nc2ccccc12. The van der Waals surface area contributed by atoms with Gasteiger partial charge in [0.1, 0.15) is 0 Å². The third-order valence-electron chi connectivity index (χ3n) is 4.92. The zero-order chi connectivity index (χ0) is 17.3. The molecule has 0 aliphatic rings. The zero-order valence-corrected chi connectivity index (χ0v) is 15.4. The van der Waals surface area contributed by atoms with Gasteiger partial charge in [-0.1, -0.05) is 94.0 Å². The number of para-hydroxylation sites is 1. The van der Waals surface area contributed by atoms with Gasteiger partial charge in [-0.2, -0.15) is 0 Å². The topological polar surface area (TPSA) is 12.9 Å². The van der Waals surface area contributed by atoms with Crippen molar-refractivity contribution in [1.29, 1.82) is 0 Å². The summed E-state index contributed by atoms with van der Waals surface area (Å²) in [5.74, 6) is 0. The molecular formula is C24H29N. The number of hydrogen-bond donors (Lipinski definition) is 0. The van der Waals surface area contributed by atoms with Crippen molar-refractivity contribution in [2.24, 2.45) is 0 Å². The van der Waals surface area contributed by atoms with E-state index in [9.17, 15) is 0 Å². The number of rotatable bonds is 9. The fourth-order valence-corrected chi connectivity index (χ4v) is 3.48. The molecule has 3 aromatic rings. The third kappa shape index (κ3) is 4.92. The Morgan fingerprint density at radius 1 is 0.720 bits per heavy atom. The molecule has 1 heterocycles. The Balaban J connectivity index is 1.72. The Morgan fingerprint density at radius 2 is 1.40 bits per heavy atom. The average Bonchev–Trinajstić information content (AvgIpc) is 2.67. The van der Waals surface area contributed by atoms with Crippen LogP contribution in [0.4, 0.5) is 0 Å². The lowest BCUT2D eigenvalue weighted by atomic mass is 9.99. The Bertz CT molecular complexity index is 776. The van der Waals surface area contributed by atoms with Crippen molar-refractivity contribution >= 4 is 10.9 Å². The van der Waals surface area contributed by atoms with Gasteiger partial charge >= 0.3 is 0 Å².